The van der Waals surface area contributed by atoms with Crippen LogP contribution in [0.25, 0.3) is 0 Å². The third-order valence-electron chi connectivity index (χ3n) is 3.29. The second kappa shape index (κ2) is 4.85. The third-order valence-corrected chi connectivity index (χ3v) is 3.29. The Hall–Kier alpha value is -1.06. The molecule has 2 atom stereocenters. The Morgan fingerprint density at radius 1 is 1.31 bits per heavy atom. The predicted octanol–water partition coefficient (Wildman–Crippen LogP) is 1.59. The summed E-state index contributed by atoms with van der Waals surface area (Å²) < 4.78 is 0. The second-order valence-corrected chi connectivity index (χ2v) is 4.73. The average Bonchev–Trinajstić information content (AvgIpc) is 2.27. The molecule has 2 unspecified atom stereocenters. The zero-order chi connectivity index (χ0) is 11.5. The van der Waals surface area contributed by atoms with Crippen LogP contribution >= 0.6 is 0 Å². The van der Waals surface area contributed by atoms with Gasteiger partial charge in [0.05, 0.1) is 6.10 Å². The normalized spacial score (nSPS) is 26.9. The molecule has 1 fully saturated rings. The predicted molar refractivity (Wildman–Crippen MR) is 63.2 cm³/mol. The first-order valence-electron chi connectivity index (χ1n) is 5.83. The van der Waals surface area contributed by atoms with Crippen molar-refractivity contribution in [3.05, 3.63) is 29.8 Å². The molecule has 1 saturated heterocycles. The minimum Gasteiger partial charge on any atom is -0.508 e. The van der Waals surface area contributed by atoms with Gasteiger partial charge in [-0.05, 0) is 30.0 Å². The number of hydrogen-bond acceptors (Lipinski definition) is 3. The van der Waals surface area contributed by atoms with Gasteiger partial charge in [0.2, 0.25) is 0 Å². The first kappa shape index (κ1) is 11.4. The minimum atomic E-state index is -0.143. The summed E-state index contributed by atoms with van der Waals surface area (Å²) in [5.74, 6) is 0.664. The lowest BCUT2D eigenvalue weighted by Gasteiger charge is -2.34. The number of phenols is 1. The number of phenolic OH excluding ortho intramolecular Hbond substituents is 1. The van der Waals surface area contributed by atoms with E-state index in [1.807, 2.05) is 12.1 Å². The van der Waals surface area contributed by atoms with Gasteiger partial charge in [-0.25, -0.2) is 0 Å². The van der Waals surface area contributed by atoms with Crippen molar-refractivity contribution < 1.29 is 10.2 Å². The van der Waals surface area contributed by atoms with E-state index >= 15 is 0 Å². The molecule has 0 spiro atoms. The molecule has 3 heteroatoms. The molecule has 1 aliphatic heterocycles. The number of nitrogens with zero attached hydrogens (tertiary/aromatic N) is 1. The molecule has 2 rings (SSSR count). The van der Waals surface area contributed by atoms with Crippen molar-refractivity contribution in [2.24, 2.45) is 5.92 Å². The maximum Gasteiger partial charge on any atom is 0.115 e. The fraction of sp³-hybridized carbons (Fsp3) is 0.538. The fourth-order valence-corrected chi connectivity index (χ4v) is 2.22. The lowest BCUT2D eigenvalue weighted by atomic mass is 9.96. The molecule has 0 saturated carbocycles. The molecule has 2 N–H and O–H groups in total. The van der Waals surface area contributed by atoms with Crippen molar-refractivity contribution in [3.8, 4) is 5.75 Å². The van der Waals surface area contributed by atoms with Crippen molar-refractivity contribution >= 4 is 0 Å². The van der Waals surface area contributed by atoms with Crippen molar-refractivity contribution in [1.82, 2.24) is 4.90 Å². The van der Waals surface area contributed by atoms with Crippen LogP contribution in [0.2, 0.25) is 0 Å². The molecular formula is C13H19NO2. The van der Waals surface area contributed by atoms with Crippen molar-refractivity contribution in [1.29, 1.82) is 0 Å². The van der Waals surface area contributed by atoms with E-state index in [1.54, 1.807) is 12.1 Å². The first-order valence-corrected chi connectivity index (χ1v) is 5.83. The Labute approximate surface area is 96.3 Å². The number of hydrogen-bond donors (Lipinski definition) is 2. The Balaban J connectivity index is 1.93. The molecule has 88 valence electrons. The Bertz CT molecular complexity index is 336. The number of benzene rings is 1. The van der Waals surface area contributed by atoms with Gasteiger partial charge >= 0.3 is 0 Å². The van der Waals surface area contributed by atoms with Gasteiger partial charge < -0.3 is 10.2 Å². The summed E-state index contributed by atoms with van der Waals surface area (Å²) in [6.07, 6.45) is 0.718. The Kier molecular flexibility index (Phi) is 3.46. The van der Waals surface area contributed by atoms with Crippen LogP contribution in [-0.4, -0.2) is 34.3 Å². The first-order chi connectivity index (χ1) is 7.65. The maximum atomic E-state index is 9.64. The molecule has 0 bridgehead atoms. The SMILES string of the molecule is CC1CN(Cc2ccc(O)cc2)CCC1O. The van der Waals surface area contributed by atoms with Gasteiger partial charge in [-0.3, -0.25) is 4.90 Å². The molecule has 1 aromatic carbocycles. The zero-order valence-electron chi connectivity index (χ0n) is 9.63. The molecule has 1 heterocycles. The Morgan fingerprint density at radius 2 is 2.00 bits per heavy atom. The van der Waals surface area contributed by atoms with Crippen LogP contribution in [0.1, 0.15) is 18.9 Å². The quantitative estimate of drug-likeness (QED) is 0.797. The van der Waals surface area contributed by atoms with Gasteiger partial charge in [0.1, 0.15) is 5.75 Å². The zero-order valence-corrected chi connectivity index (χ0v) is 9.63. The van der Waals surface area contributed by atoms with Crippen molar-refractivity contribution in [3.63, 3.8) is 0 Å². The van der Waals surface area contributed by atoms with E-state index in [4.69, 9.17) is 0 Å². The summed E-state index contributed by atoms with van der Waals surface area (Å²) in [7, 11) is 0. The van der Waals surface area contributed by atoms with Gasteiger partial charge in [0.25, 0.3) is 0 Å². The van der Waals surface area contributed by atoms with E-state index in [1.165, 1.54) is 5.56 Å². The van der Waals surface area contributed by atoms with E-state index in [-0.39, 0.29) is 6.10 Å². The van der Waals surface area contributed by atoms with E-state index in [2.05, 4.69) is 11.8 Å². The van der Waals surface area contributed by atoms with Crippen LogP contribution in [0.15, 0.2) is 24.3 Å². The maximum absolute atomic E-state index is 9.64. The molecule has 0 amide bonds. The fourth-order valence-electron chi connectivity index (χ4n) is 2.22. The van der Waals surface area contributed by atoms with Crippen LogP contribution in [0.5, 0.6) is 5.75 Å². The molecule has 3 nitrogen and oxygen atoms in total. The van der Waals surface area contributed by atoms with Crippen LogP contribution in [0.3, 0.4) is 0 Å². The summed E-state index contributed by atoms with van der Waals surface area (Å²) in [6, 6.07) is 7.34. The monoisotopic (exact) mass is 221 g/mol. The van der Waals surface area contributed by atoms with Crippen LogP contribution in [0.4, 0.5) is 0 Å². The summed E-state index contributed by atoms with van der Waals surface area (Å²) in [5, 5.41) is 18.8. The molecule has 1 aliphatic rings. The lowest BCUT2D eigenvalue weighted by Crippen LogP contribution is -2.41. The van der Waals surface area contributed by atoms with Gasteiger partial charge in [0.15, 0.2) is 0 Å². The highest BCUT2D eigenvalue weighted by Crippen LogP contribution is 2.19. The van der Waals surface area contributed by atoms with Crippen LogP contribution < -0.4 is 0 Å². The molecule has 0 aliphatic carbocycles. The molecule has 0 aromatic heterocycles. The van der Waals surface area contributed by atoms with Crippen LogP contribution in [-0.2, 0) is 6.54 Å². The number of likely N-dealkylation sites (tertiary alicyclic amines) is 1. The van der Waals surface area contributed by atoms with Gasteiger partial charge in [-0.15, -0.1) is 0 Å². The number of piperidine rings is 1. The average molecular weight is 221 g/mol. The summed E-state index contributed by atoms with van der Waals surface area (Å²) >= 11 is 0. The van der Waals surface area contributed by atoms with E-state index in [9.17, 15) is 10.2 Å². The van der Waals surface area contributed by atoms with Gasteiger partial charge in [0, 0.05) is 19.6 Å². The minimum absolute atomic E-state index is 0.143. The molecule has 16 heavy (non-hydrogen) atoms. The topological polar surface area (TPSA) is 43.7 Å². The second-order valence-electron chi connectivity index (χ2n) is 4.73. The van der Waals surface area contributed by atoms with E-state index < -0.39 is 0 Å². The molecule has 1 aromatic rings. The van der Waals surface area contributed by atoms with Gasteiger partial charge in [-0.2, -0.15) is 0 Å². The third kappa shape index (κ3) is 2.74. The largest absolute Gasteiger partial charge is 0.508 e. The molecular weight excluding hydrogens is 202 g/mol. The standard InChI is InChI=1S/C13H19NO2/c1-10-8-14(7-6-13(10)16)9-11-2-4-12(15)5-3-11/h2-5,10,13,15-16H,6-9H2,1H3. The number of aromatic hydroxyl groups is 1. The van der Waals surface area contributed by atoms with Crippen molar-refractivity contribution in [2.75, 3.05) is 13.1 Å². The molecule has 0 radical (unpaired) electrons. The summed E-state index contributed by atoms with van der Waals surface area (Å²) in [4.78, 5) is 2.35. The highest BCUT2D eigenvalue weighted by atomic mass is 16.3. The highest BCUT2D eigenvalue weighted by Gasteiger charge is 2.23. The van der Waals surface area contributed by atoms with Gasteiger partial charge in [-0.1, -0.05) is 19.1 Å². The van der Waals surface area contributed by atoms with E-state index in [0.29, 0.717) is 11.7 Å². The number of rotatable bonds is 2. The number of aliphatic hydroxyl groups excluding tert-OH is 1. The number of aliphatic hydroxyl groups is 1. The van der Waals surface area contributed by atoms with Crippen LogP contribution in [0, 0.1) is 5.92 Å². The van der Waals surface area contributed by atoms with E-state index in [0.717, 1.165) is 26.1 Å². The Morgan fingerprint density at radius 3 is 2.62 bits per heavy atom. The highest BCUT2D eigenvalue weighted by molar-refractivity contribution is 5.25. The summed E-state index contributed by atoms with van der Waals surface area (Å²) in [5.41, 5.74) is 1.21. The smallest absolute Gasteiger partial charge is 0.115 e. The lowest BCUT2D eigenvalue weighted by molar-refractivity contribution is 0.0320. The summed E-state index contributed by atoms with van der Waals surface area (Å²) in [6.45, 7) is 4.89. The van der Waals surface area contributed by atoms with Crippen molar-refractivity contribution in [2.45, 2.75) is 26.0 Å².